The number of fused-ring (bicyclic) bond motifs is 1. The lowest BCUT2D eigenvalue weighted by Crippen LogP contribution is -2.57. The van der Waals surface area contributed by atoms with E-state index in [2.05, 4.69) is 5.32 Å². The first kappa shape index (κ1) is 21.1. The molecule has 1 N–H and O–H groups in total. The third-order valence-corrected chi connectivity index (χ3v) is 5.88. The second-order valence-corrected chi connectivity index (χ2v) is 8.09. The van der Waals surface area contributed by atoms with Crippen molar-refractivity contribution in [3.63, 3.8) is 0 Å². The minimum atomic E-state index is -0.334. The van der Waals surface area contributed by atoms with Crippen molar-refractivity contribution in [3.05, 3.63) is 77.3 Å². The summed E-state index contributed by atoms with van der Waals surface area (Å²) in [5.74, 6) is -0.576. The highest BCUT2D eigenvalue weighted by Gasteiger charge is 2.42. The molecule has 1 saturated heterocycles. The van der Waals surface area contributed by atoms with Crippen LogP contribution in [-0.2, 0) is 20.7 Å². The Balaban J connectivity index is 1.44. The van der Waals surface area contributed by atoms with Crippen LogP contribution in [0.2, 0.25) is 0 Å². The topological polar surface area (TPSA) is 58.6 Å². The summed E-state index contributed by atoms with van der Waals surface area (Å²) >= 11 is 0. The van der Waals surface area contributed by atoms with E-state index in [1.54, 1.807) is 23.1 Å². The van der Waals surface area contributed by atoms with Crippen molar-refractivity contribution in [2.45, 2.75) is 44.2 Å². The Hall–Kier alpha value is -3.15. The average molecular weight is 423 g/mol. The van der Waals surface area contributed by atoms with Gasteiger partial charge in [-0.1, -0.05) is 48.9 Å². The molecule has 4 rings (SSSR count). The molecule has 2 aliphatic rings. The van der Waals surface area contributed by atoms with Crippen molar-refractivity contribution < 1.29 is 18.7 Å². The predicted molar refractivity (Wildman–Crippen MR) is 116 cm³/mol. The van der Waals surface area contributed by atoms with Gasteiger partial charge in [0.1, 0.15) is 18.5 Å². The van der Waals surface area contributed by atoms with Gasteiger partial charge in [-0.2, -0.15) is 0 Å². The second-order valence-electron chi connectivity index (χ2n) is 8.09. The largest absolute Gasteiger partial charge is 0.482 e. The third kappa shape index (κ3) is 5.32. The molecule has 1 saturated carbocycles. The van der Waals surface area contributed by atoms with Crippen molar-refractivity contribution in [1.29, 1.82) is 0 Å². The number of nitrogens with zero attached hydrogens (tertiary/aromatic N) is 1. The number of carbonyl (C=O) groups is 2. The van der Waals surface area contributed by atoms with Gasteiger partial charge in [0.05, 0.1) is 6.04 Å². The number of nitrogens with one attached hydrogen (secondary N) is 1. The predicted octanol–water partition coefficient (Wildman–Crippen LogP) is 3.70. The fourth-order valence-corrected chi connectivity index (χ4v) is 4.27. The number of carbonyl (C=O) groups excluding carboxylic acids is 2. The monoisotopic (exact) mass is 422 g/mol. The quantitative estimate of drug-likeness (QED) is 0.723. The van der Waals surface area contributed by atoms with Crippen LogP contribution in [0.15, 0.2) is 60.4 Å². The van der Waals surface area contributed by atoms with Crippen LogP contribution in [-0.4, -0.2) is 41.9 Å². The number of ether oxygens (including phenoxy) is 1. The first-order valence-corrected chi connectivity index (χ1v) is 10.9. The fraction of sp³-hybridized carbons (Fsp3) is 0.360. The number of benzene rings is 2. The smallest absolute Gasteiger partial charge is 0.289 e. The van der Waals surface area contributed by atoms with Crippen molar-refractivity contribution in [2.24, 2.45) is 0 Å². The summed E-state index contributed by atoms with van der Waals surface area (Å²) in [6, 6.07) is 15.8. The molecule has 0 aromatic heterocycles. The minimum Gasteiger partial charge on any atom is -0.482 e. The van der Waals surface area contributed by atoms with Crippen LogP contribution in [0.5, 0.6) is 0 Å². The van der Waals surface area contributed by atoms with Gasteiger partial charge in [0.25, 0.3) is 5.91 Å². The van der Waals surface area contributed by atoms with E-state index >= 15 is 0 Å². The normalized spacial score (nSPS) is 22.0. The van der Waals surface area contributed by atoms with Crippen LogP contribution in [0, 0.1) is 5.82 Å². The Labute approximate surface area is 181 Å². The highest BCUT2D eigenvalue weighted by atomic mass is 19.1. The van der Waals surface area contributed by atoms with E-state index in [-0.39, 0.29) is 42.1 Å². The summed E-state index contributed by atoms with van der Waals surface area (Å²) in [7, 11) is 0. The molecule has 2 amide bonds. The number of hydrogen-bond donors (Lipinski definition) is 1. The van der Waals surface area contributed by atoms with E-state index in [1.807, 2.05) is 30.3 Å². The Kier molecular flexibility index (Phi) is 6.65. The number of morpholine rings is 1. The van der Waals surface area contributed by atoms with Crippen molar-refractivity contribution >= 4 is 17.9 Å². The molecule has 31 heavy (non-hydrogen) atoms. The molecule has 0 bridgehead atoms. The standard InChI is InChI=1S/C25H27FN2O3/c26-20-12-10-19(11-13-20)16-23-25(30)28(21-8-4-5-9-22(21)31-23)17-24(29)27-15-14-18-6-2-1-3-7-18/h1-3,6-7,10-13,16,21-22H,4-5,8-9,14-15,17H2,(H,27,29)/b23-16+. The average Bonchev–Trinajstić information content (AvgIpc) is 2.79. The molecule has 1 aliphatic carbocycles. The maximum atomic E-state index is 13.2. The highest BCUT2D eigenvalue weighted by molar-refractivity contribution is 5.98. The zero-order valence-corrected chi connectivity index (χ0v) is 17.4. The van der Waals surface area contributed by atoms with Gasteiger partial charge in [-0.05, 0) is 55.0 Å². The van der Waals surface area contributed by atoms with Crippen molar-refractivity contribution in [1.82, 2.24) is 10.2 Å². The minimum absolute atomic E-state index is 0.0128. The van der Waals surface area contributed by atoms with Gasteiger partial charge in [0.2, 0.25) is 5.91 Å². The van der Waals surface area contributed by atoms with E-state index in [4.69, 9.17) is 4.74 Å². The highest BCUT2D eigenvalue weighted by Crippen LogP contribution is 2.33. The van der Waals surface area contributed by atoms with E-state index in [0.717, 1.165) is 37.7 Å². The molecule has 2 aromatic carbocycles. The molecule has 2 unspecified atom stereocenters. The molecule has 0 radical (unpaired) electrons. The molecule has 0 spiro atoms. The molecule has 162 valence electrons. The van der Waals surface area contributed by atoms with Gasteiger partial charge in [-0.3, -0.25) is 9.59 Å². The molecule has 2 fully saturated rings. The van der Waals surface area contributed by atoms with Crippen LogP contribution in [0.1, 0.15) is 36.8 Å². The molecule has 6 heteroatoms. The van der Waals surface area contributed by atoms with E-state index < -0.39 is 0 Å². The number of amides is 2. The Morgan fingerprint density at radius 3 is 2.61 bits per heavy atom. The summed E-state index contributed by atoms with van der Waals surface area (Å²) in [5, 5.41) is 2.93. The van der Waals surface area contributed by atoms with Gasteiger partial charge in [0, 0.05) is 6.54 Å². The zero-order chi connectivity index (χ0) is 21.6. The van der Waals surface area contributed by atoms with Crippen molar-refractivity contribution in [2.75, 3.05) is 13.1 Å². The van der Waals surface area contributed by atoms with Gasteiger partial charge < -0.3 is 15.0 Å². The van der Waals surface area contributed by atoms with Crippen LogP contribution in [0.25, 0.3) is 6.08 Å². The van der Waals surface area contributed by atoms with Gasteiger partial charge in [0.15, 0.2) is 5.76 Å². The Morgan fingerprint density at radius 2 is 1.84 bits per heavy atom. The van der Waals surface area contributed by atoms with Gasteiger partial charge >= 0.3 is 0 Å². The molecule has 1 heterocycles. The number of halogens is 1. The second kappa shape index (κ2) is 9.77. The fourth-order valence-electron chi connectivity index (χ4n) is 4.27. The molecule has 1 aliphatic heterocycles. The summed E-state index contributed by atoms with van der Waals surface area (Å²) in [6.45, 7) is 0.534. The molecule has 5 nitrogen and oxygen atoms in total. The summed E-state index contributed by atoms with van der Waals surface area (Å²) in [4.78, 5) is 27.4. The van der Waals surface area contributed by atoms with Gasteiger partial charge in [-0.25, -0.2) is 4.39 Å². The van der Waals surface area contributed by atoms with Crippen LogP contribution < -0.4 is 5.32 Å². The Bertz CT molecular complexity index is 943. The molecular weight excluding hydrogens is 395 g/mol. The number of hydrogen-bond acceptors (Lipinski definition) is 3. The summed E-state index contributed by atoms with van der Waals surface area (Å²) in [5.41, 5.74) is 1.84. The first-order valence-electron chi connectivity index (χ1n) is 10.9. The molecule has 2 atom stereocenters. The molecule has 2 aromatic rings. The van der Waals surface area contributed by atoms with E-state index in [9.17, 15) is 14.0 Å². The van der Waals surface area contributed by atoms with E-state index in [1.165, 1.54) is 12.1 Å². The number of rotatable bonds is 6. The molecular formula is C25H27FN2O3. The zero-order valence-electron chi connectivity index (χ0n) is 17.4. The van der Waals surface area contributed by atoms with Crippen LogP contribution in [0.3, 0.4) is 0 Å². The summed E-state index contributed by atoms with van der Waals surface area (Å²) < 4.78 is 19.2. The maximum Gasteiger partial charge on any atom is 0.289 e. The van der Waals surface area contributed by atoms with Crippen LogP contribution >= 0.6 is 0 Å². The van der Waals surface area contributed by atoms with Gasteiger partial charge in [-0.15, -0.1) is 0 Å². The van der Waals surface area contributed by atoms with Crippen molar-refractivity contribution in [3.8, 4) is 0 Å². The van der Waals surface area contributed by atoms with E-state index in [0.29, 0.717) is 12.1 Å². The summed E-state index contributed by atoms with van der Waals surface area (Å²) in [6.07, 6.45) is 5.99. The SMILES string of the molecule is O=C(CN1C(=O)/C(=C\c2ccc(F)cc2)OC2CCCCC21)NCCc1ccccc1. The third-order valence-electron chi connectivity index (χ3n) is 5.88. The lowest BCUT2D eigenvalue weighted by Gasteiger charge is -2.44. The lowest BCUT2D eigenvalue weighted by molar-refractivity contribution is -0.151. The first-order chi connectivity index (χ1) is 15.1. The lowest BCUT2D eigenvalue weighted by atomic mass is 9.89. The van der Waals surface area contributed by atoms with Crippen LogP contribution in [0.4, 0.5) is 4.39 Å². The maximum absolute atomic E-state index is 13.2. The Morgan fingerprint density at radius 1 is 1.10 bits per heavy atom.